The Kier molecular flexibility index (Phi) is 3.53. The standard InChI is InChI=1S/C14H18ClN3/c1-14(2,10-6-7-17-8-10)9-18-13-11(15)4-3-5-12(13)16/h3-8,17-18H,9,16H2,1-2H3. The van der Waals surface area contributed by atoms with Crippen LogP contribution in [0.2, 0.25) is 5.02 Å². The fourth-order valence-electron chi connectivity index (χ4n) is 1.88. The minimum Gasteiger partial charge on any atom is -0.397 e. The van der Waals surface area contributed by atoms with E-state index >= 15 is 0 Å². The van der Waals surface area contributed by atoms with Crippen molar-refractivity contribution < 1.29 is 0 Å². The predicted molar refractivity (Wildman–Crippen MR) is 78.2 cm³/mol. The van der Waals surface area contributed by atoms with Crippen LogP contribution in [0.15, 0.2) is 36.7 Å². The number of aromatic amines is 1. The van der Waals surface area contributed by atoms with Crippen molar-refractivity contribution in [1.82, 2.24) is 4.98 Å². The van der Waals surface area contributed by atoms with Gasteiger partial charge in [0.05, 0.1) is 16.4 Å². The molecule has 4 heteroatoms. The third-order valence-electron chi connectivity index (χ3n) is 3.13. The lowest BCUT2D eigenvalue weighted by molar-refractivity contribution is 0.558. The zero-order valence-corrected chi connectivity index (χ0v) is 11.4. The van der Waals surface area contributed by atoms with Crippen molar-refractivity contribution in [1.29, 1.82) is 0 Å². The monoisotopic (exact) mass is 263 g/mol. The van der Waals surface area contributed by atoms with Crippen molar-refractivity contribution in [2.45, 2.75) is 19.3 Å². The molecule has 0 amide bonds. The molecule has 1 aromatic heterocycles. The first-order valence-electron chi connectivity index (χ1n) is 5.92. The summed E-state index contributed by atoms with van der Waals surface area (Å²) in [5, 5.41) is 3.99. The summed E-state index contributed by atoms with van der Waals surface area (Å²) in [6.45, 7) is 5.12. The first-order chi connectivity index (χ1) is 8.50. The molecule has 2 aromatic rings. The van der Waals surface area contributed by atoms with Crippen LogP contribution in [0.4, 0.5) is 11.4 Å². The fourth-order valence-corrected chi connectivity index (χ4v) is 2.13. The van der Waals surface area contributed by atoms with Gasteiger partial charge in [-0.15, -0.1) is 0 Å². The third-order valence-corrected chi connectivity index (χ3v) is 3.45. The van der Waals surface area contributed by atoms with E-state index in [0.717, 1.165) is 12.2 Å². The molecule has 2 rings (SSSR count). The molecule has 0 radical (unpaired) electrons. The van der Waals surface area contributed by atoms with Gasteiger partial charge in [-0.1, -0.05) is 31.5 Å². The molecular formula is C14H18ClN3. The SMILES string of the molecule is CC(C)(CNc1c(N)cccc1Cl)c1cc[nH]c1. The Hall–Kier alpha value is -1.61. The van der Waals surface area contributed by atoms with Gasteiger partial charge in [-0.3, -0.25) is 0 Å². The van der Waals surface area contributed by atoms with Crippen LogP contribution in [-0.2, 0) is 5.41 Å². The van der Waals surface area contributed by atoms with E-state index in [1.807, 2.05) is 30.6 Å². The zero-order chi connectivity index (χ0) is 13.2. The van der Waals surface area contributed by atoms with Gasteiger partial charge in [0.2, 0.25) is 0 Å². The Morgan fingerprint density at radius 3 is 2.72 bits per heavy atom. The van der Waals surface area contributed by atoms with E-state index in [1.165, 1.54) is 5.56 Å². The molecule has 0 atom stereocenters. The number of H-pyrrole nitrogens is 1. The molecule has 0 aliphatic carbocycles. The van der Waals surface area contributed by atoms with E-state index in [1.54, 1.807) is 0 Å². The second-order valence-electron chi connectivity index (χ2n) is 5.04. The lowest BCUT2D eigenvalue weighted by atomic mass is 9.86. The molecule has 0 spiro atoms. The molecule has 0 fully saturated rings. The van der Waals surface area contributed by atoms with E-state index < -0.39 is 0 Å². The molecule has 96 valence electrons. The van der Waals surface area contributed by atoms with E-state index in [0.29, 0.717) is 10.7 Å². The van der Waals surface area contributed by atoms with Gasteiger partial charge in [0.1, 0.15) is 0 Å². The van der Waals surface area contributed by atoms with Crippen molar-refractivity contribution in [2.75, 3.05) is 17.6 Å². The Bertz CT molecular complexity index is 498. The van der Waals surface area contributed by atoms with Gasteiger partial charge in [0, 0.05) is 24.4 Å². The smallest absolute Gasteiger partial charge is 0.0763 e. The highest BCUT2D eigenvalue weighted by atomic mass is 35.5. The first kappa shape index (κ1) is 12.8. The van der Waals surface area contributed by atoms with Crippen LogP contribution in [0.25, 0.3) is 0 Å². The summed E-state index contributed by atoms with van der Waals surface area (Å²) in [5.74, 6) is 0. The van der Waals surface area contributed by atoms with Crippen LogP contribution >= 0.6 is 11.6 Å². The van der Waals surface area contributed by atoms with Crippen molar-refractivity contribution >= 4 is 23.0 Å². The lowest BCUT2D eigenvalue weighted by Crippen LogP contribution is -2.27. The molecule has 18 heavy (non-hydrogen) atoms. The highest BCUT2D eigenvalue weighted by Crippen LogP contribution is 2.30. The Labute approximate surface area is 112 Å². The number of nitrogens with one attached hydrogen (secondary N) is 2. The summed E-state index contributed by atoms with van der Waals surface area (Å²) in [6.07, 6.45) is 3.94. The summed E-state index contributed by atoms with van der Waals surface area (Å²) in [7, 11) is 0. The number of benzene rings is 1. The Morgan fingerprint density at radius 1 is 1.33 bits per heavy atom. The van der Waals surface area contributed by atoms with Gasteiger partial charge < -0.3 is 16.0 Å². The van der Waals surface area contributed by atoms with Crippen LogP contribution in [0.5, 0.6) is 0 Å². The van der Waals surface area contributed by atoms with E-state index in [9.17, 15) is 0 Å². The Balaban J connectivity index is 2.12. The van der Waals surface area contributed by atoms with E-state index in [4.69, 9.17) is 17.3 Å². The number of aromatic nitrogens is 1. The predicted octanol–water partition coefficient (Wildman–Crippen LogP) is 3.64. The maximum absolute atomic E-state index is 6.13. The highest BCUT2D eigenvalue weighted by Gasteiger charge is 2.21. The molecule has 0 aliphatic rings. The van der Waals surface area contributed by atoms with Crippen LogP contribution in [0, 0.1) is 0 Å². The molecule has 4 N–H and O–H groups in total. The molecule has 0 aliphatic heterocycles. The largest absolute Gasteiger partial charge is 0.397 e. The zero-order valence-electron chi connectivity index (χ0n) is 10.6. The van der Waals surface area contributed by atoms with E-state index in [-0.39, 0.29) is 5.41 Å². The second-order valence-corrected chi connectivity index (χ2v) is 5.45. The third kappa shape index (κ3) is 2.62. The number of anilines is 2. The number of para-hydroxylation sites is 1. The molecule has 3 nitrogen and oxygen atoms in total. The van der Waals surface area contributed by atoms with Gasteiger partial charge in [-0.05, 0) is 23.8 Å². The molecule has 0 saturated carbocycles. The maximum Gasteiger partial charge on any atom is 0.0763 e. The molecule has 0 saturated heterocycles. The lowest BCUT2D eigenvalue weighted by Gasteiger charge is -2.25. The molecular weight excluding hydrogens is 246 g/mol. The summed E-state index contributed by atoms with van der Waals surface area (Å²) in [6, 6.07) is 7.61. The maximum atomic E-state index is 6.13. The number of hydrogen-bond donors (Lipinski definition) is 3. The molecule has 0 bridgehead atoms. The summed E-state index contributed by atoms with van der Waals surface area (Å²) < 4.78 is 0. The minimum absolute atomic E-state index is 0.00557. The summed E-state index contributed by atoms with van der Waals surface area (Å²) in [5.41, 5.74) is 8.65. The molecule has 1 heterocycles. The number of nitrogen functional groups attached to an aromatic ring is 1. The quantitative estimate of drug-likeness (QED) is 0.738. The fraction of sp³-hybridized carbons (Fsp3) is 0.286. The van der Waals surface area contributed by atoms with Gasteiger partial charge in [-0.25, -0.2) is 0 Å². The highest BCUT2D eigenvalue weighted by molar-refractivity contribution is 6.33. The van der Waals surface area contributed by atoms with Gasteiger partial charge in [-0.2, -0.15) is 0 Å². The van der Waals surface area contributed by atoms with Crippen molar-refractivity contribution in [3.63, 3.8) is 0 Å². The normalized spacial score (nSPS) is 11.5. The van der Waals surface area contributed by atoms with Crippen LogP contribution in [0.1, 0.15) is 19.4 Å². The number of nitrogens with two attached hydrogens (primary N) is 1. The number of rotatable bonds is 4. The van der Waals surface area contributed by atoms with E-state index in [2.05, 4.69) is 30.2 Å². The number of halogens is 1. The Morgan fingerprint density at radius 2 is 2.11 bits per heavy atom. The van der Waals surface area contributed by atoms with Crippen molar-refractivity contribution in [3.05, 3.63) is 47.2 Å². The van der Waals surface area contributed by atoms with Gasteiger partial charge >= 0.3 is 0 Å². The summed E-state index contributed by atoms with van der Waals surface area (Å²) in [4.78, 5) is 3.08. The topological polar surface area (TPSA) is 53.8 Å². The molecule has 0 unspecified atom stereocenters. The van der Waals surface area contributed by atoms with Gasteiger partial charge in [0.25, 0.3) is 0 Å². The van der Waals surface area contributed by atoms with Gasteiger partial charge in [0.15, 0.2) is 0 Å². The molecule has 1 aromatic carbocycles. The van der Waals surface area contributed by atoms with Crippen LogP contribution in [0.3, 0.4) is 0 Å². The van der Waals surface area contributed by atoms with Crippen molar-refractivity contribution in [3.8, 4) is 0 Å². The minimum atomic E-state index is 0.00557. The second kappa shape index (κ2) is 4.94. The number of hydrogen-bond acceptors (Lipinski definition) is 2. The van der Waals surface area contributed by atoms with Crippen LogP contribution < -0.4 is 11.1 Å². The van der Waals surface area contributed by atoms with Crippen molar-refractivity contribution in [2.24, 2.45) is 0 Å². The average Bonchev–Trinajstić information content (AvgIpc) is 2.82. The first-order valence-corrected chi connectivity index (χ1v) is 6.29. The summed E-state index contributed by atoms with van der Waals surface area (Å²) >= 11 is 6.13. The average molecular weight is 264 g/mol. The van der Waals surface area contributed by atoms with Crippen LogP contribution in [-0.4, -0.2) is 11.5 Å².